The van der Waals surface area contributed by atoms with Gasteiger partial charge < -0.3 is 0 Å². The lowest BCUT2D eigenvalue weighted by Gasteiger charge is -1.98. The average Bonchev–Trinajstić information content (AvgIpc) is 2.29. The van der Waals surface area contributed by atoms with E-state index in [0.717, 1.165) is 0 Å². The number of nitro groups is 1. The second-order valence-corrected chi connectivity index (χ2v) is 3.45. The third kappa shape index (κ3) is 3.17. The van der Waals surface area contributed by atoms with Crippen molar-refractivity contribution >= 4 is 29.7 Å². The number of nitrogens with zero attached hydrogens (tertiary/aromatic N) is 1. The largest absolute Gasteiger partial charge is 0.298 e. The number of halogens is 1. The summed E-state index contributed by atoms with van der Waals surface area (Å²) in [6.07, 6.45) is 4.62. The van der Waals surface area contributed by atoms with Gasteiger partial charge in [0.15, 0.2) is 0 Å². The first-order chi connectivity index (χ1) is 7.69. The fourth-order valence-electron chi connectivity index (χ4n) is 1.21. The molecule has 0 spiro atoms. The predicted octanol–water partition coefficient (Wildman–Crippen LogP) is 3.05. The van der Waals surface area contributed by atoms with Gasteiger partial charge in [0, 0.05) is 17.5 Å². The molecule has 0 saturated heterocycles. The van der Waals surface area contributed by atoms with Gasteiger partial charge in [-0.25, -0.2) is 0 Å². The number of nitro benzene ring substituents is 1. The van der Waals surface area contributed by atoms with Gasteiger partial charge in [-0.1, -0.05) is 18.2 Å². The lowest BCUT2D eigenvalue weighted by Crippen LogP contribution is -1.93. The van der Waals surface area contributed by atoms with Gasteiger partial charge in [-0.3, -0.25) is 14.9 Å². The van der Waals surface area contributed by atoms with Crippen LogP contribution in [-0.2, 0) is 0 Å². The molecule has 16 heavy (non-hydrogen) atoms. The van der Waals surface area contributed by atoms with Gasteiger partial charge in [-0.15, -0.1) is 11.6 Å². The highest BCUT2D eigenvalue weighted by Gasteiger charge is 2.11. The summed E-state index contributed by atoms with van der Waals surface area (Å²) in [4.78, 5) is 20.7. The Morgan fingerprint density at radius 1 is 1.44 bits per heavy atom. The van der Waals surface area contributed by atoms with E-state index in [9.17, 15) is 14.9 Å². The number of benzene rings is 1. The van der Waals surface area contributed by atoms with E-state index in [2.05, 4.69) is 0 Å². The minimum absolute atomic E-state index is 0.0737. The topological polar surface area (TPSA) is 60.2 Å². The number of alkyl halides is 1. The van der Waals surface area contributed by atoms with Crippen molar-refractivity contribution in [2.24, 2.45) is 0 Å². The number of carbonyl (C=O) groups is 1. The molecular weight excluding hydrogens is 230 g/mol. The maximum Gasteiger partial charge on any atom is 0.277 e. The van der Waals surface area contributed by atoms with Crippen LogP contribution in [0, 0.1) is 10.1 Å². The summed E-state index contributed by atoms with van der Waals surface area (Å²) < 4.78 is 0. The SMILES string of the molecule is O=Cc1ccc(C=CCCCl)c([N+](=O)[O-])c1. The zero-order valence-electron chi connectivity index (χ0n) is 8.43. The van der Waals surface area contributed by atoms with Crippen LogP contribution in [0.4, 0.5) is 5.69 Å². The van der Waals surface area contributed by atoms with E-state index in [1.54, 1.807) is 24.3 Å². The van der Waals surface area contributed by atoms with E-state index < -0.39 is 4.92 Å². The molecule has 0 aromatic heterocycles. The van der Waals surface area contributed by atoms with Gasteiger partial charge in [0.05, 0.1) is 10.5 Å². The fraction of sp³-hybridized carbons (Fsp3) is 0.182. The van der Waals surface area contributed by atoms with E-state index in [1.165, 1.54) is 6.07 Å². The molecule has 0 atom stereocenters. The van der Waals surface area contributed by atoms with Gasteiger partial charge in [0.1, 0.15) is 6.29 Å². The Kier molecular flexibility index (Phi) is 4.66. The Morgan fingerprint density at radius 3 is 2.75 bits per heavy atom. The molecule has 0 unspecified atom stereocenters. The molecule has 1 aromatic rings. The summed E-state index contributed by atoms with van der Waals surface area (Å²) in [5, 5.41) is 10.8. The number of rotatable bonds is 5. The minimum atomic E-state index is -0.507. The molecule has 0 radical (unpaired) electrons. The molecule has 84 valence electrons. The summed E-state index contributed by atoms with van der Waals surface area (Å²) >= 11 is 5.49. The van der Waals surface area contributed by atoms with E-state index in [1.807, 2.05) is 0 Å². The molecule has 0 saturated carbocycles. The first kappa shape index (κ1) is 12.4. The van der Waals surface area contributed by atoms with E-state index >= 15 is 0 Å². The third-order valence-corrected chi connectivity index (χ3v) is 2.18. The van der Waals surface area contributed by atoms with Crippen LogP contribution < -0.4 is 0 Å². The number of carbonyl (C=O) groups excluding carboxylic acids is 1. The van der Waals surface area contributed by atoms with Crippen molar-refractivity contribution in [3.05, 3.63) is 45.5 Å². The number of allylic oxidation sites excluding steroid dienone is 1. The Hall–Kier alpha value is -1.68. The normalized spacial score (nSPS) is 10.6. The monoisotopic (exact) mass is 239 g/mol. The van der Waals surface area contributed by atoms with Crippen molar-refractivity contribution in [1.82, 2.24) is 0 Å². The van der Waals surface area contributed by atoms with Gasteiger partial charge in [-0.05, 0) is 12.5 Å². The van der Waals surface area contributed by atoms with E-state index in [-0.39, 0.29) is 5.69 Å². The van der Waals surface area contributed by atoms with E-state index in [0.29, 0.717) is 29.7 Å². The highest BCUT2D eigenvalue weighted by molar-refractivity contribution is 6.17. The molecule has 0 heterocycles. The molecule has 0 fully saturated rings. The molecule has 0 bridgehead atoms. The van der Waals surface area contributed by atoms with Crippen molar-refractivity contribution in [3.8, 4) is 0 Å². The van der Waals surface area contributed by atoms with Crippen LogP contribution in [0.3, 0.4) is 0 Å². The number of hydrogen-bond acceptors (Lipinski definition) is 3. The summed E-state index contributed by atoms with van der Waals surface area (Å²) in [6.45, 7) is 0. The van der Waals surface area contributed by atoms with Gasteiger partial charge in [-0.2, -0.15) is 0 Å². The maximum absolute atomic E-state index is 10.8. The molecule has 0 aliphatic heterocycles. The van der Waals surface area contributed by atoms with Crippen LogP contribution in [0.2, 0.25) is 0 Å². The molecule has 0 amide bonds. The van der Waals surface area contributed by atoms with Gasteiger partial charge in [0.25, 0.3) is 5.69 Å². The number of aldehydes is 1. The van der Waals surface area contributed by atoms with E-state index in [4.69, 9.17) is 11.6 Å². The summed E-state index contributed by atoms with van der Waals surface area (Å²) in [7, 11) is 0. The van der Waals surface area contributed by atoms with Crippen LogP contribution in [-0.4, -0.2) is 17.1 Å². The Morgan fingerprint density at radius 2 is 2.19 bits per heavy atom. The van der Waals surface area contributed by atoms with Crippen LogP contribution in [0.1, 0.15) is 22.3 Å². The van der Waals surface area contributed by atoms with Crippen molar-refractivity contribution in [1.29, 1.82) is 0 Å². The van der Waals surface area contributed by atoms with Crippen molar-refractivity contribution in [2.45, 2.75) is 6.42 Å². The zero-order chi connectivity index (χ0) is 12.0. The first-order valence-electron chi connectivity index (χ1n) is 4.65. The smallest absolute Gasteiger partial charge is 0.277 e. The highest BCUT2D eigenvalue weighted by atomic mass is 35.5. The highest BCUT2D eigenvalue weighted by Crippen LogP contribution is 2.21. The maximum atomic E-state index is 10.8. The van der Waals surface area contributed by atoms with Gasteiger partial charge in [0.2, 0.25) is 0 Å². The predicted molar refractivity (Wildman–Crippen MR) is 62.9 cm³/mol. The van der Waals surface area contributed by atoms with Crippen LogP contribution in [0.5, 0.6) is 0 Å². The second kappa shape index (κ2) is 6.02. The lowest BCUT2D eigenvalue weighted by atomic mass is 10.1. The van der Waals surface area contributed by atoms with Crippen LogP contribution >= 0.6 is 11.6 Å². The Balaban J connectivity index is 3.08. The molecule has 5 heteroatoms. The minimum Gasteiger partial charge on any atom is -0.298 e. The zero-order valence-corrected chi connectivity index (χ0v) is 9.18. The first-order valence-corrected chi connectivity index (χ1v) is 5.18. The molecule has 0 aliphatic carbocycles. The molecule has 1 aromatic carbocycles. The van der Waals surface area contributed by atoms with Crippen LogP contribution in [0.15, 0.2) is 24.3 Å². The summed E-state index contributed by atoms with van der Waals surface area (Å²) in [5.74, 6) is 0.469. The molecule has 0 aliphatic rings. The fourth-order valence-corrected chi connectivity index (χ4v) is 1.33. The van der Waals surface area contributed by atoms with Crippen molar-refractivity contribution in [3.63, 3.8) is 0 Å². The summed E-state index contributed by atoms with van der Waals surface area (Å²) in [5.41, 5.74) is 0.692. The molecule has 4 nitrogen and oxygen atoms in total. The van der Waals surface area contributed by atoms with Crippen LogP contribution in [0.25, 0.3) is 6.08 Å². The average molecular weight is 240 g/mol. The molecule has 1 rings (SSSR count). The van der Waals surface area contributed by atoms with Gasteiger partial charge >= 0.3 is 0 Å². The molecular formula is C11H10ClNO3. The second-order valence-electron chi connectivity index (χ2n) is 3.07. The standard InChI is InChI=1S/C11H10ClNO3/c12-6-2-1-3-10-5-4-9(8-14)7-11(10)13(15)16/h1,3-5,7-8H,2,6H2. The van der Waals surface area contributed by atoms with Crippen molar-refractivity contribution < 1.29 is 9.72 Å². The number of hydrogen-bond donors (Lipinski definition) is 0. The quantitative estimate of drug-likeness (QED) is 0.343. The lowest BCUT2D eigenvalue weighted by molar-refractivity contribution is -0.385. The Labute approximate surface area is 97.7 Å². The third-order valence-electron chi connectivity index (χ3n) is 1.96. The Bertz CT molecular complexity index is 429. The molecule has 0 N–H and O–H groups in total. The summed E-state index contributed by atoms with van der Waals surface area (Å²) in [6, 6.07) is 4.35. The van der Waals surface area contributed by atoms with Crippen molar-refractivity contribution in [2.75, 3.05) is 5.88 Å².